The molecule has 0 radical (unpaired) electrons. The molecule has 0 atom stereocenters. The molecule has 3 heteroatoms. The minimum Gasteiger partial charge on any atom is -0.316 e. The van der Waals surface area contributed by atoms with E-state index >= 15 is 0 Å². The van der Waals surface area contributed by atoms with Crippen molar-refractivity contribution < 1.29 is 0 Å². The summed E-state index contributed by atoms with van der Waals surface area (Å²) < 4.78 is 3.23. The summed E-state index contributed by atoms with van der Waals surface area (Å²) in [5.74, 6) is 1.03. The highest BCUT2D eigenvalue weighted by molar-refractivity contribution is 9.10. The van der Waals surface area contributed by atoms with Gasteiger partial charge in [-0.05, 0) is 42.3 Å². The number of nitrogens with zero attached hydrogens (tertiary/aromatic N) is 2. The summed E-state index contributed by atoms with van der Waals surface area (Å²) in [6.07, 6.45) is 1.86. The molecular weight excluding hydrogens is 264 g/mol. The lowest BCUT2D eigenvalue weighted by molar-refractivity contribution is 0.596. The van der Waals surface area contributed by atoms with Crippen LogP contribution in [0.5, 0.6) is 0 Å². The number of benzene rings is 1. The predicted molar refractivity (Wildman–Crippen MR) is 70.5 cm³/mol. The summed E-state index contributed by atoms with van der Waals surface area (Å²) in [6.45, 7) is 6.44. The predicted octanol–water partition coefficient (Wildman–Crippen LogP) is 4.20. The lowest BCUT2D eigenvalue weighted by Crippen LogP contribution is -2.04. The summed E-state index contributed by atoms with van der Waals surface area (Å²) in [5.41, 5.74) is 2.45. The lowest BCUT2D eigenvalue weighted by atomic mass is 10.1. The van der Waals surface area contributed by atoms with E-state index < -0.39 is 0 Å². The van der Waals surface area contributed by atoms with Gasteiger partial charge >= 0.3 is 0 Å². The van der Waals surface area contributed by atoms with Crippen molar-refractivity contribution in [3.05, 3.63) is 40.6 Å². The Morgan fingerprint density at radius 2 is 1.94 bits per heavy atom. The SMILES string of the molecule is Cc1ccccc1-c1ncc(Br)n1C(C)C. The second kappa shape index (κ2) is 4.42. The quantitative estimate of drug-likeness (QED) is 0.805. The normalized spacial score (nSPS) is 11.1. The number of imidazole rings is 1. The Morgan fingerprint density at radius 1 is 1.25 bits per heavy atom. The Morgan fingerprint density at radius 3 is 2.56 bits per heavy atom. The molecule has 0 fully saturated rings. The van der Waals surface area contributed by atoms with Crippen LogP contribution < -0.4 is 0 Å². The zero-order valence-corrected chi connectivity index (χ0v) is 11.3. The van der Waals surface area contributed by atoms with E-state index in [0.717, 1.165) is 10.4 Å². The van der Waals surface area contributed by atoms with Crippen LogP contribution in [0.2, 0.25) is 0 Å². The number of aryl methyl sites for hydroxylation is 1. The highest BCUT2D eigenvalue weighted by Gasteiger charge is 2.13. The number of aromatic nitrogens is 2. The molecule has 2 aromatic rings. The molecule has 0 aliphatic carbocycles. The van der Waals surface area contributed by atoms with Crippen LogP contribution in [0.15, 0.2) is 35.1 Å². The highest BCUT2D eigenvalue weighted by Crippen LogP contribution is 2.28. The minimum atomic E-state index is 0.395. The van der Waals surface area contributed by atoms with Gasteiger partial charge in [-0.3, -0.25) is 0 Å². The molecule has 0 aliphatic heterocycles. The van der Waals surface area contributed by atoms with E-state index in [-0.39, 0.29) is 0 Å². The van der Waals surface area contributed by atoms with E-state index in [4.69, 9.17) is 0 Å². The fourth-order valence-electron chi connectivity index (χ4n) is 1.85. The summed E-state index contributed by atoms with van der Waals surface area (Å²) in [4.78, 5) is 4.48. The maximum atomic E-state index is 4.48. The van der Waals surface area contributed by atoms with Crippen LogP contribution in [0.3, 0.4) is 0 Å². The van der Waals surface area contributed by atoms with Crippen molar-refractivity contribution in [2.24, 2.45) is 0 Å². The zero-order valence-electron chi connectivity index (χ0n) is 9.74. The van der Waals surface area contributed by atoms with Gasteiger partial charge in [0.05, 0.1) is 6.20 Å². The monoisotopic (exact) mass is 278 g/mol. The van der Waals surface area contributed by atoms with Gasteiger partial charge in [-0.1, -0.05) is 24.3 Å². The van der Waals surface area contributed by atoms with Crippen LogP contribution in [0.4, 0.5) is 0 Å². The lowest BCUT2D eigenvalue weighted by Gasteiger charge is -2.14. The van der Waals surface area contributed by atoms with Gasteiger partial charge in [0.15, 0.2) is 0 Å². The molecule has 2 nitrogen and oxygen atoms in total. The second-order valence-electron chi connectivity index (χ2n) is 4.18. The first kappa shape index (κ1) is 11.4. The molecule has 0 N–H and O–H groups in total. The van der Waals surface area contributed by atoms with Gasteiger partial charge in [0.25, 0.3) is 0 Å². The fourth-order valence-corrected chi connectivity index (χ4v) is 2.53. The molecule has 84 valence electrons. The largest absolute Gasteiger partial charge is 0.316 e. The van der Waals surface area contributed by atoms with Gasteiger partial charge in [0.1, 0.15) is 10.4 Å². The summed E-state index contributed by atoms with van der Waals surface area (Å²) >= 11 is 3.54. The molecule has 1 heterocycles. The molecule has 16 heavy (non-hydrogen) atoms. The van der Waals surface area contributed by atoms with Crippen molar-refractivity contribution in [3.63, 3.8) is 0 Å². The Bertz CT molecular complexity index is 500. The number of rotatable bonds is 2. The van der Waals surface area contributed by atoms with Gasteiger partial charge in [-0.15, -0.1) is 0 Å². The van der Waals surface area contributed by atoms with Gasteiger partial charge in [-0.2, -0.15) is 0 Å². The van der Waals surface area contributed by atoms with Gasteiger partial charge in [-0.25, -0.2) is 4.98 Å². The third-order valence-corrected chi connectivity index (χ3v) is 3.24. The first-order valence-electron chi connectivity index (χ1n) is 5.40. The molecular formula is C13H15BrN2. The van der Waals surface area contributed by atoms with Crippen molar-refractivity contribution in [2.45, 2.75) is 26.8 Å². The average Bonchev–Trinajstić information content (AvgIpc) is 2.61. The molecule has 0 aliphatic rings. The molecule has 0 unspecified atom stereocenters. The zero-order chi connectivity index (χ0) is 11.7. The Labute approximate surface area is 104 Å². The minimum absolute atomic E-state index is 0.395. The molecule has 0 bridgehead atoms. The smallest absolute Gasteiger partial charge is 0.141 e. The first-order valence-corrected chi connectivity index (χ1v) is 6.19. The molecule has 0 spiro atoms. The first-order chi connectivity index (χ1) is 7.61. The van der Waals surface area contributed by atoms with Gasteiger partial charge < -0.3 is 4.57 Å². The van der Waals surface area contributed by atoms with Crippen LogP contribution >= 0.6 is 15.9 Å². The van der Waals surface area contributed by atoms with E-state index in [1.807, 2.05) is 6.20 Å². The Hall–Kier alpha value is -1.09. The molecule has 0 saturated heterocycles. The molecule has 1 aromatic heterocycles. The summed E-state index contributed by atoms with van der Waals surface area (Å²) in [6, 6.07) is 8.73. The van der Waals surface area contributed by atoms with Gasteiger partial charge in [0.2, 0.25) is 0 Å². The van der Waals surface area contributed by atoms with Crippen molar-refractivity contribution in [1.29, 1.82) is 0 Å². The maximum absolute atomic E-state index is 4.48. The van der Waals surface area contributed by atoms with E-state index in [2.05, 4.69) is 70.5 Å². The van der Waals surface area contributed by atoms with E-state index in [1.54, 1.807) is 0 Å². The maximum Gasteiger partial charge on any atom is 0.141 e. The third-order valence-electron chi connectivity index (χ3n) is 2.65. The van der Waals surface area contributed by atoms with E-state index in [1.165, 1.54) is 11.1 Å². The average molecular weight is 279 g/mol. The Balaban J connectivity index is 2.61. The Kier molecular flexibility index (Phi) is 3.15. The number of hydrogen-bond donors (Lipinski definition) is 0. The standard InChI is InChI=1S/C13H15BrN2/c1-9(2)16-12(14)8-15-13(16)11-7-5-4-6-10(11)3/h4-9H,1-3H3. The molecule has 0 amide bonds. The van der Waals surface area contributed by atoms with Crippen LogP contribution in [0.1, 0.15) is 25.5 Å². The molecule has 2 rings (SSSR count). The van der Waals surface area contributed by atoms with Gasteiger partial charge in [0, 0.05) is 11.6 Å². The third kappa shape index (κ3) is 1.92. The van der Waals surface area contributed by atoms with E-state index in [0.29, 0.717) is 6.04 Å². The topological polar surface area (TPSA) is 17.8 Å². The van der Waals surface area contributed by atoms with Crippen LogP contribution in [-0.4, -0.2) is 9.55 Å². The highest BCUT2D eigenvalue weighted by atomic mass is 79.9. The summed E-state index contributed by atoms with van der Waals surface area (Å²) in [5, 5.41) is 0. The second-order valence-corrected chi connectivity index (χ2v) is 5.00. The number of halogens is 1. The molecule has 1 aromatic carbocycles. The van der Waals surface area contributed by atoms with Crippen molar-refractivity contribution in [3.8, 4) is 11.4 Å². The van der Waals surface area contributed by atoms with Crippen molar-refractivity contribution >= 4 is 15.9 Å². The fraction of sp³-hybridized carbons (Fsp3) is 0.308. The number of hydrogen-bond acceptors (Lipinski definition) is 1. The van der Waals surface area contributed by atoms with Crippen molar-refractivity contribution in [2.75, 3.05) is 0 Å². The summed E-state index contributed by atoms with van der Waals surface area (Å²) in [7, 11) is 0. The van der Waals surface area contributed by atoms with Crippen LogP contribution in [0, 0.1) is 6.92 Å². The van der Waals surface area contributed by atoms with Crippen LogP contribution in [0.25, 0.3) is 11.4 Å². The molecule has 0 saturated carbocycles. The van der Waals surface area contributed by atoms with Crippen molar-refractivity contribution in [1.82, 2.24) is 9.55 Å². The van der Waals surface area contributed by atoms with E-state index in [9.17, 15) is 0 Å². The van der Waals surface area contributed by atoms with Crippen LogP contribution in [-0.2, 0) is 0 Å².